The van der Waals surface area contributed by atoms with Crippen molar-refractivity contribution in [2.75, 3.05) is 5.32 Å². The van der Waals surface area contributed by atoms with Crippen molar-refractivity contribution in [3.63, 3.8) is 0 Å². The average Bonchev–Trinajstić information content (AvgIpc) is 2.98. The van der Waals surface area contributed by atoms with Crippen molar-refractivity contribution in [3.05, 3.63) is 29.8 Å². The normalized spacial score (nSPS) is 16.1. The van der Waals surface area contributed by atoms with Crippen LogP contribution in [0.25, 0.3) is 0 Å². The Morgan fingerprint density at radius 2 is 1.73 bits per heavy atom. The zero-order valence-corrected chi connectivity index (χ0v) is 13.0. The van der Waals surface area contributed by atoms with Gasteiger partial charge in [-0.2, -0.15) is 0 Å². The van der Waals surface area contributed by atoms with Gasteiger partial charge in [-0.05, 0) is 37.8 Å². The fourth-order valence-corrected chi connectivity index (χ4v) is 3.02. The summed E-state index contributed by atoms with van der Waals surface area (Å²) in [6.07, 6.45) is 4.04. The molecule has 0 unspecified atom stereocenters. The lowest BCUT2D eigenvalue weighted by molar-refractivity contribution is -0.126. The number of benzene rings is 1. The molecule has 0 heterocycles. The number of anilines is 1. The molecular weight excluding hydrogens is 280 g/mol. The fourth-order valence-electron chi connectivity index (χ4n) is 3.02. The standard InChI is InChI=1S/C17H22N2O3/c1-11(20)14-9-5-6-10-15(14)19-17(22)16(18-12(2)21)13-7-3-4-8-13/h5-6,9-10,13,16H,3-4,7-8H2,1-2H3,(H,18,21)(H,19,22)/t16-/m0/s1. The van der Waals surface area contributed by atoms with E-state index in [1.165, 1.54) is 13.8 Å². The van der Waals surface area contributed by atoms with Gasteiger partial charge in [0.2, 0.25) is 11.8 Å². The maximum Gasteiger partial charge on any atom is 0.247 e. The Labute approximate surface area is 130 Å². The summed E-state index contributed by atoms with van der Waals surface area (Å²) >= 11 is 0. The van der Waals surface area contributed by atoms with Crippen LogP contribution >= 0.6 is 0 Å². The van der Waals surface area contributed by atoms with Crippen molar-refractivity contribution < 1.29 is 14.4 Å². The van der Waals surface area contributed by atoms with E-state index < -0.39 is 6.04 Å². The Morgan fingerprint density at radius 3 is 2.32 bits per heavy atom. The van der Waals surface area contributed by atoms with Crippen LogP contribution in [-0.4, -0.2) is 23.6 Å². The third kappa shape index (κ3) is 3.93. The quantitative estimate of drug-likeness (QED) is 0.821. The maximum atomic E-state index is 12.6. The molecule has 5 nitrogen and oxygen atoms in total. The van der Waals surface area contributed by atoms with E-state index >= 15 is 0 Å². The van der Waals surface area contributed by atoms with Gasteiger partial charge in [-0.1, -0.05) is 25.0 Å². The zero-order chi connectivity index (χ0) is 16.1. The predicted octanol–water partition coefficient (Wildman–Crippen LogP) is 2.52. The molecule has 118 valence electrons. The van der Waals surface area contributed by atoms with Gasteiger partial charge in [-0.15, -0.1) is 0 Å². The van der Waals surface area contributed by atoms with Gasteiger partial charge >= 0.3 is 0 Å². The zero-order valence-electron chi connectivity index (χ0n) is 13.0. The molecule has 1 atom stereocenters. The van der Waals surface area contributed by atoms with Crippen LogP contribution in [0.1, 0.15) is 49.9 Å². The van der Waals surface area contributed by atoms with Crippen molar-refractivity contribution in [1.29, 1.82) is 0 Å². The van der Waals surface area contributed by atoms with E-state index in [1.807, 2.05) is 0 Å². The smallest absolute Gasteiger partial charge is 0.247 e. The number of carbonyl (C=O) groups is 3. The van der Waals surface area contributed by atoms with E-state index in [0.717, 1.165) is 25.7 Å². The minimum absolute atomic E-state index is 0.104. The number of amides is 2. The molecule has 2 rings (SSSR count). The van der Waals surface area contributed by atoms with Crippen molar-refractivity contribution in [1.82, 2.24) is 5.32 Å². The van der Waals surface area contributed by atoms with Crippen LogP contribution in [0, 0.1) is 5.92 Å². The molecule has 1 fully saturated rings. The fraction of sp³-hybridized carbons (Fsp3) is 0.471. The van der Waals surface area contributed by atoms with Gasteiger partial charge in [0.15, 0.2) is 5.78 Å². The Kier molecular flexibility index (Phi) is 5.31. The van der Waals surface area contributed by atoms with Gasteiger partial charge in [0, 0.05) is 12.5 Å². The topological polar surface area (TPSA) is 75.3 Å². The van der Waals surface area contributed by atoms with Crippen LogP contribution in [0.5, 0.6) is 0 Å². The average molecular weight is 302 g/mol. The lowest BCUT2D eigenvalue weighted by Gasteiger charge is -2.23. The minimum Gasteiger partial charge on any atom is -0.344 e. The summed E-state index contributed by atoms with van der Waals surface area (Å²) in [6, 6.07) is 6.37. The first-order valence-corrected chi connectivity index (χ1v) is 7.67. The van der Waals surface area contributed by atoms with E-state index in [4.69, 9.17) is 0 Å². The number of hydrogen-bond acceptors (Lipinski definition) is 3. The Morgan fingerprint density at radius 1 is 1.09 bits per heavy atom. The van der Waals surface area contributed by atoms with Crippen LogP contribution in [0.4, 0.5) is 5.69 Å². The minimum atomic E-state index is -0.542. The maximum absolute atomic E-state index is 12.6. The summed E-state index contributed by atoms with van der Waals surface area (Å²) in [5.41, 5.74) is 0.970. The molecular formula is C17H22N2O3. The molecule has 2 N–H and O–H groups in total. The molecule has 5 heteroatoms. The third-order valence-electron chi connectivity index (χ3n) is 4.08. The molecule has 0 radical (unpaired) electrons. The van der Waals surface area contributed by atoms with E-state index in [0.29, 0.717) is 11.3 Å². The van der Waals surface area contributed by atoms with Crippen molar-refractivity contribution in [3.8, 4) is 0 Å². The van der Waals surface area contributed by atoms with E-state index in [-0.39, 0.29) is 23.5 Å². The largest absolute Gasteiger partial charge is 0.344 e. The molecule has 0 saturated heterocycles. The summed E-state index contributed by atoms with van der Waals surface area (Å²) in [4.78, 5) is 35.6. The molecule has 1 aromatic carbocycles. The van der Waals surface area contributed by atoms with Crippen LogP contribution in [0.3, 0.4) is 0 Å². The van der Waals surface area contributed by atoms with Crippen LogP contribution < -0.4 is 10.6 Å². The van der Waals surface area contributed by atoms with Gasteiger partial charge < -0.3 is 10.6 Å². The Hall–Kier alpha value is -2.17. The van der Waals surface area contributed by atoms with Crippen LogP contribution in [-0.2, 0) is 9.59 Å². The second-order valence-corrected chi connectivity index (χ2v) is 5.81. The van der Waals surface area contributed by atoms with Crippen molar-refractivity contribution >= 4 is 23.3 Å². The first kappa shape index (κ1) is 16.2. The number of hydrogen-bond donors (Lipinski definition) is 2. The predicted molar refractivity (Wildman–Crippen MR) is 84.6 cm³/mol. The summed E-state index contributed by atoms with van der Waals surface area (Å²) in [5.74, 6) is -0.413. The number of Topliss-reactive ketones (excluding diaryl/α,β-unsaturated/α-hetero) is 1. The molecule has 1 aliphatic carbocycles. The lowest BCUT2D eigenvalue weighted by Crippen LogP contribution is -2.47. The van der Waals surface area contributed by atoms with Gasteiger partial charge in [0.05, 0.1) is 5.69 Å². The van der Waals surface area contributed by atoms with E-state index in [2.05, 4.69) is 10.6 Å². The molecule has 0 spiro atoms. The van der Waals surface area contributed by atoms with Gasteiger partial charge in [-0.25, -0.2) is 0 Å². The highest BCUT2D eigenvalue weighted by Crippen LogP contribution is 2.28. The summed E-state index contributed by atoms with van der Waals surface area (Å²) in [5, 5.41) is 5.55. The highest BCUT2D eigenvalue weighted by atomic mass is 16.2. The monoisotopic (exact) mass is 302 g/mol. The summed E-state index contributed by atoms with van der Waals surface area (Å²) < 4.78 is 0. The van der Waals surface area contributed by atoms with Crippen molar-refractivity contribution in [2.45, 2.75) is 45.6 Å². The molecule has 0 aliphatic heterocycles. The second kappa shape index (κ2) is 7.20. The van der Waals surface area contributed by atoms with Crippen molar-refractivity contribution in [2.24, 2.45) is 5.92 Å². The number of ketones is 1. The molecule has 0 aromatic heterocycles. The van der Waals surface area contributed by atoms with Crippen LogP contribution in [0.15, 0.2) is 24.3 Å². The molecule has 1 saturated carbocycles. The molecule has 2 amide bonds. The molecule has 0 bridgehead atoms. The summed E-state index contributed by atoms with van der Waals surface area (Å²) in [6.45, 7) is 2.88. The SMILES string of the molecule is CC(=O)N[C@H](C(=O)Nc1ccccc1C(C)=O)C1CCCC1. The lowest BCUT2D eigenvalue weighted by atomic mass is 9.97. The van der Waals surface area contributed by atoms with E-state index in [9.17, 15) is 14.4 Å². The number of para-hydroxylation sites is 1. The number of carbonyl (C=O) groups excluding carboxylic acids is 3. The first-order valence-electron chi connectivity index (χ1n) is 7.67. The number of rotatable bonds is 5. The van der Waals surface area contributed by atoms with Gasteiger partial charge in [-0.3, -0.25) is 14.4 Å². The Balaban J connectivity index is 2.17. The summed E-state index contributed by atoms with van der Waals surface area (Å²) in [7, 11) is 0. The van der Waals surface area contributed by atoms with E-state index in [1.54, 1.807) is 24.3 Å². The molecule has 1 aromatic rings. The highest BCUT2D eigenvalue weighted by Gasteiger charge is 2.31. The number of nitrogens with one attached hydrogen (secondary N) is 2. The van der Waals surface area contributed by atoms with Gasteiger partial charge in [0.1, 0.15) is 6.04 Å². The van der Waals surface area contributed by atoms with Crippen LogP contribution in [0.2, 0.25) is 0 Å². The molecule has 22 heavy (non-hydrogen) atoms. The molecule has 1 aliphatic rings. The van der Waals surface area contributed by atoms with Gasteiger partial charge in [0.25, 0.3) is 0 Å². The Bertz CT molecular complexity index is 577. The second-order valence-electron chi connectivity index (χ2n) is 5.81. The highest BCUT2D eigenvalue weighted by molar-refractivity contribution is 6.05. The first-order chi connectivity index (χ1) is 10.5. The third-order valence-corrected chi connectivity index (χ3v) is 4.08.